The Balaban J connectivity index is 1.56. The highest BCUT2D eigenvalue weighted by Gasteiger charge is 2.34. The number of likely N-dealkylation sites (tertiary alicyclic amines) is 1. The standard InChI is InChI=1S/C14H17F3N2/c15-12-6-14(17)13(16)5-9(12)7-18-10-3-4-19(8-10)11-1-2-11/h5-6,10-11,18H,1-4,7-8H2. The van der Waals surface area contributed by atoms with Crippen molar-refractivity contribution in [3.05, 3.63) is 35.1 Å². The van der Waals surface area contributed by atoms with Crippen LogP contribution in [0.25, 0.3) is 0 Å². The Bertz CT molecular complexity index is 474. The summed E-state index contributed by atoms with van der Waals surface area (Å²) in [4.78, 5) is 2.44. The van der Waals surface area contributed by atoms with E-state index < -0.39 is 17.5 Å². The van der Waals surface area contributed by atoms with Gasteiger partial charge in [-0.25, -0.2) is 13.2 Å². The minimum Gasteiger partial charge on any atom is -0.308 e. The highest BCUT2D eigenvalue weighted by molar-refractivity contribution is 5.20. The predicted molar refractivity (Wildman–Crippen MR) is 66.2 cm³/mol. The second-order valence-electron chi connectivity index (χ2n) is 5.45. The molecule has 5 heteroatoms. The molecular formula is C14H17F3N2. The van der Waals surface area contributed by atoms with E-state index in [1.54, 1.807) is 0 Å². The van der Waals surface area contributed by atoms with E-state index in [9.17, 15) is 13.2 Å². The third-order valence-electron chi connectivity index (χ3n) is 3.95. The largest absolute Gasteiger partial charge is 0.308 e. The van der Waals surface area contributed by atoms with Gasteiger partial charge in [-0.2, -0.15) is 0 Å². The summed E-state index contributed by atoms with van der Waals surface area (Å²) in [5, 5.41) is 3.23. The second kappa shape index (κ2) is 5.13. The van der Waals surface area contributed by atoms with E-state index in [1.165, 1.54) is 12.8 Å². The molecule has 1 unspecified atom stereocenters. The average Bonchev–Trinajstić information content (AvgIpc) is 3.12. The fraction of sp³-hybridized carbons (Fsp3) is 0.571. The highest BCUT2D eigenvalue weighted by atomic mass is 19.2. The Morgan fingerprint density at radius 2 is 1.79 bits per heavy atom. The van der Waals surface area contributed by atoms with E-state index in [4.69, 9.17) is 0 Å². The van der Waals surface area contributed by atoms with E-state index in [2.05, 4.69) is 10.2 Å². The first-order valence-electron chi connectivity index (χ1n) is 6.74. The molecule has 104 valence electrons. The van der Waals surface area contributed by atoms with Gasteiger partial charge in [0, 0.05) is 43.3 Å². The second-order valence-corrected chi connectivity index (χ2v) is 5.45. The molecular weight excluding hydrogens is 253 g/mol. The Kier molecular flexibility index (Phi) is 3.50. The Morgan fingerprint density at radius 3 is 2.53 bits per heavy atom. The van der Waals surface area contributed by atoms with Gasteiger partial charge in [0.1, 0.15) is 5.82 Å². The molecule has 1 heterocycles. The van der Waals surface area contributed by atoms with Crippen LogP contribution in [0.2, 0.25) is 0 Å². The number of hydrogen-bond donors (Lipinski definition) is 1. The van der Waals surface area contributed by atoms with Crippen LogP contribution in [0.15, 0.2) is 12.1 Å². The van der Waals surface area contributed by atoms with E-state index in [0.717, 1.165) is 31.6 Å². The van der Waals surface area contributed by atoms with Crippen molar-refractivity contribution in [2.24, 2.45) is 0 Å². The first-order chi connectivity index (χ1) is 9.13. The molecule has 1 aromatic carbocycles. The molecule has 1 aliphatic carbocycles. The molecule has 3 rings (SSSR count). The van der Waals surface area contributed by atoms with Crippen LogP contribution in [0.5, 0.6) is 0 Å². The van der Waals surface area contributed by atoms with Crippen LogP contribution in [-0.2, 0) is 6.54 Å². The van der Waals surface area contributed by atoms with Gasteiger partial charge in [-0.3, -0.25) is 4.90 Å². The zero-order chi connectivity index (χ0) is 13.4. The molecule has 1 aliphatic heterocycles. The molecule has 19 heavy (non-hydrogen) atoms. The van der Waals surface area contributed by atoms with E-state index in [1.807, 2.05) is 0 Å². The number of hydrogen-bond acceptors (Lipinski definition) is 2. The smallest absolute Gasteiger partial charge is 0.161 e. The monoisotopic (exact) mass is 270 g/mol. The first kappa shape index (κ1) is 12.9. The van der Waals surface area contributed by atoms with Gasteiger partial charge in [-0.05, 0) is 25.3 Å². The summed E-state index contributed by atoms with van der Waals surface area (Å²) in [6, 6.07) is 2.60. The third-order valence-corrected chi connectivity index (χ3v) is 3.95. The maximum absolute atomic E-state index is 13.5. The molecule has 1 N–H and O–H groups in total. The molecule has 0 aromatic heterocycles. The van der Waals surface area contributed by atoms with Crippen LogP contribution in [0.4, 0.5) is 13.2 Å². The van der Waals surface area contributed by atoms with Gasteiger partial charge < -0.3 is 5.32 Å². The summed E-state index contributed by atoms with van der Waals surface area (Å²) in [6.07, 6.45) is 3.59. The summed E-state index contributed by atoms with van der Waals surface area (Å²) < 4.78 is 39.3. The lowest BCUT2D eigenvalue weighted by atomic mass is 10.1. The minimum absolute atomic E-state index is 0.184. The SMILES string of the molecule is Fc1cc(F)c(CNC2CCN(C3CC3)C2)cc1F. The van der Waals surface area contributed by atoms with Gasteiger partial charge >= 0.3 is 0 Å². The van der Waals surface area contributed by atoms with Gasteiger partial charge in [-0.15, -0.1) is 0 Å². The lowest BCUT2D eigenvalue weighted by Crippen LogP contribution is -2.33. The van der Waals surface area contributed by atoms with Crippen LogP contribution in [0.1, 0.15) is 24.8 Å². The quantitative estimate of drug-likeness (QED) is 0.845. The molecule has 0 spiro atoms. The van der Waals surface area contributed by atoms with Gasteiger partial charge in [0.05, 0.1) is 0 Å². The van der Waals surface area contributed by atoms with Crippen molar-refractivity contribution >= 4 is 0 Å². The Morgan fingerprint density at radius 1 is 1.05 bits per heavy atom. The van der Waals surface area contributed by atoms with Crippen molar-refractivity contribution in [3.63, 3.8) is 0 Å². The van der Waals surface area contributed by atoms with Gasteiger partial charge in [0.25, 0.3) is 0 Å². The normalized spacial score (nSPS) is 24.1. The van der Waals surface area contributed by atoms with E-state index in [0.29, 0.717) is 12.1 Å². The molecule has 1 atom stereocenters. The maximum atomic E-state index is 13.5. The van der Waals surface area contributed by atoms with Crippen LogP contribution >= 0.6 is 0 Å². The third kappa shape index (κ3) is 2.92. The molecule has 1 saturated carbocycles. The van der Waals surface area contributed by atoms with Gasteiger partial charge in [0.15, 0.2) is 11.6 Å². The first-order valence-corrected chi connectivity index (χ1v) is 6.74. The van der Waals surface area contributed by atoms with E-state index >= 15 is 0 Å². The lowest BCUT2D eigenvalue weighted by Gasteiger charge is -2.16. The summed E-state index contributed by atoms with van der Waals surface area (Å²) >= 11 is 0. The summed E-state index contributed by atoms with van der Waals surface area (Å²) in [7, 11) is 0. The molecule has 2 nitrogen and oxygen atoms in total. The number of nitrogens with one attached hydrogen (secondary N) is 1. The number of halogens is 3. The Hall–Kier alpha value is -1.07. The fourth-order valence-corrected chi connectivity index (χ4v) is 2.68. The van der Waals surface area contributed by atoms with Crippen molar-refractivity contribution < 1.29 is 13.2 Å². The molecule has 0 bridgehead atoms. The van der Waals surface area contributed by atoms with Crippen LogP contribution in [0, 0.1) is 17.5 Å². The summed E-state index contributed by atoms with van der Waals surface area (Å²) in [5.41, 5.74) is 0.184. The molecule has 1 saturated heterocycles. The van der Waals surface area contributed by atoms with Crippen LogP contribution in [-0.4, -0.2) is 30.1 Å². The summed E-state index contributed by atoms with van der Waals surface area (Å²) in [6.45, 7) is 2.28. The van der Waals surface area contributed by atoms with Crippen molar-refractivity contribution in [1.29, 1.82) is 0 Å². The average molecular weight is 270 g/mol. The van der Waals surface area contributed by atoms with Gasteiger partial charge in [-0.1, -0.05) is 0 Å². The van der Waals surface area contributed by atoms with Crippen molar-refractivity contribution in [3.8, 4) is 0 Å². The number of rotatable bonds is 4. The molecule has 0 radical (unpaired) electrons. The zero-order valence-corrected chi connectivity index (χ0v) is 10.6. The Labute approximate surface area is 110 Å². The molecule has 0 amide bonds. The van der Waals surface area contributed by atoms with Crippen LogP contribution < -0.4 is 5.32 Å². The minimum atomic E-state index is -1.14. The predicted octanol–water partition coefficient (Wildman–Crippen LogP) is 2.43. The molecule has 2 fully saturated rings. The lowest BCUT2D eigenvalue weighted by molar-refractivity contribution is 0.317. The molecule has 1 aromatic rings. The topological polar surface area (TPSA) is 15.3 Å². The van der Waals surface area contributed by atoms with Crippen LogP contribution in [0.3, 0.4) is 0 Å². The zero-order valence-electron chi connectivity index (χ0n) is 10.6. The maximum Gasteiger partial charge on any atom is 0.161 e. The van der Waals surface area contributed by atoms with Gasteiger partial charge in [0.2, 0.25) is 0 Å². The van der Waals surface area contributed by atoms with E-state index in [-0.39, 0.29) is 12.1 Å². The summed E-state index contributed by atoms with van der Waals surface area (Å²) in [5.74, 6) is -2.82. The molecule has 2 aliphatic rings. The van der Waals surface area contributed by atoms with Crippen molar-refractivity contribution in [2.75, 3.05) is 13.1 Å². The van der Waals surface area contributed by atoms with Crippen molar-refractivity contribution in [2.45, 2.75) is 37.9 Å². The fourth-order valence-electron chi connectivity index (χ4n) is 2.68. The van der Waals surface area contributed by atoms with Crippen molar-refractivity contribution in [1.82, 2.24) is 10.2 Å². The highest BCUT2D eigenvalue weighted by Crippen LogP contribution is 2.29. The number of benzene rings is 1. The number of nitrogens with zero attached hydrogens (tertiary/aromatic N) is 1.